The number of aryl methyl sites for hydroxylation is 2. The number of ether oxygens (including phenoxy) is 2. The number of hydrogen-bond donors (Lipinski definition) is 1. The Bertz CT molecular complexity index is 1040. The first-order valence-electron chi connectivity index (χ1n) is 8.67. The van der Waals surface area contributed by atoms with Crippen molar-refractivity contribution in [2.75, 3.05) is 12.4 Å². The van der Waals surface area contributed by atoms with Crippen LogP contribution in [0.1, 0.15) is 21.5 Å². The van der Waals surface area contributed by atoms with Crippen LogP contribution >= 0.6 is 23.2 Å². The minimum Gasteiger partial charge on any atom is -0.497 e. The molecule has 0 radical (unpaired) electrons. The predicted molar refractivity (Wildman–Crippen MR) is 113 cm³/mol. The molecular weight excluding hydrogens is 416 g/mol. The van der Waals surface area contributed by atoms with Gasteiger partial charge in [-0.2, -0.15) is 0 Å². The van der Waals surface area contributed by atoms with Gasteiger partial charge in [-0.1, -0.05) is 29.3 Å². The van der Waals surface area contributed by atoms with Gasteiger partial charge in [-0.05, 0) is 61.4 Å². The van der Waals surface area contributed by atoms with Gasteiger partial charge in [0, 0.05) is 17.3 Å². The van der Waals surface area contributed by atoms with Crippen molar-refractivity contribution in [3.8, 4) is 17.2 Å². The van der Waals surface area contributed by atoms with Gasteiger partial charge < -0.3 is 14.8 Å². The van der Waals surface area contributed by atoms with E-state index in [2.05, 4.69) is 5.32 Å². The third kappa shape index (κ3) is 4.81. The molecule has 4 nitrogen and oxygen atoms in total. The average molecular weight is 434 g/mol. The van der Waals surface area contributed by atoms with Gasteiger partial charge in [0.2, 0.25) is 0 Å². The smallest absolute Gasteiger partial charge is 0.255 e. The van der Waals surface area contributed by atoms with Crippen molar-refractivity contribution in [2.24, 2.45) is 0 Å². The van der Waals surface area contributed by atoms with E-state index < -0.39 is 11.7 Å². The van der Waals surface area contributed by atoms with E-state index in [1.807, 2.05) is 13.8 Å². The molecule has 0 bridgehead atoms. The Morgan fingerprint density at radius 1 is 0.966 bits per heavy atom. The normalized spacial score (nSPS) is 10.6. The van der Waals surface area contributed by atoms with Gasteiger partial charge in [0.25, 0.3) is 5.91 Å². The number of amides is 1. The summed E-state index contributed by atoms with van der Waals surface area (Å²) in [5.74, 6) is 0.214. The van der Waals surface area contributed by atoms with Crippen molar-refractivity contribution in [1.29, 1.82) is 0 Å². The summed E-state index contributed by atoms with van der Waals surface area (Å²) in [5.41, 5.74) is 2.24. The van der Waals surface area contributed by atoms with Crippen LogP contribution < -0.4 is 14.8 Å². The van der Waals surface area contributed by atoms with E-state index in [0.717, 1.165) is 17.2 Å². The highest BCUT2D eigenvalue weighted by molar-refractivity contribution is 6.37. The fourth-order valence-corrected chi connectivity index (χ4v) is 3.36. The summed E-state index contributed by atoms with van der Waals surface area (Å²) in [4.78, 5) is 12.5. The van der Waals surface area contributed by atoms with E-state index in [4.69, 9.17) is 32.7 Å². The Labute approximate surface area is 178 Å². The van der Waals surface area contributed by atoms with Crippen LogP contribution in [0.3, 0.4) is 0 Å². The molecule has 7 heteroatoms. The van der Waals surface area contributed by atoms with Gasteiger partial charge in [-0.3, -0.25) is 4.79 Å². The van der Waals surface area contributed by atoms with Crippen molar-refractivity contribution >= 4 is 34.8 Å². The first-order valence-corrected chi connectivity index (χ1v) is 9.43. The molecule has 29 heavy (non-hydrogen) atoms. The monoisotopic (exact) mass is 433 g/mol. The van der Waals surface area contributed by atoms with Crippen LogP contribution in [0, 0.1) is 19.7 Å². The fourth-order valence-electron chi connectivity index (χ4n) is 2.88. The van der Waals surface area contributed by atoms with Crippen molar-refractivity contribution in [2.45, 2.75) is 13.8 Å². The summed E-state index contributed by atoms with van der Waals surface area (Å²) in [6, 6.07) is 12.4. The Hall–Kier alpha value is -2.76. The highest BCUT2D eigenvalue weighted by atomic mass is 35.5. The largest absolute Gasteiger partial charge is 0.497 e. The Morgan fingerprint density at radius 3 is 2.17 bits per heavy atom. The molecule has 1 amide bonds. The van der Waals surface area contributed by atoms with Crippen molar-refractivity contribution in [3.63, 3.8) is 0 Å². The van der Waals surface area contributed by atoms with Gasteiger partial charge in [0.1, 0.15) is 17.3 Å². The van der Waals surface area contributed by atoms with Gasteiger partial charge in [-0.15, -0.1) is 0 Å². The van der Waals surface area contributed by atoms with E-state index in [0.29, 0.717) is 27.2 Å². The summed E-state index contributed by atoms with van der Waals surface area (Å²) < 4.78 is 24.6. The second-order valence-electron chi connectivity index (χ2n) is 6.43. The molecule has 0 saturated carbocycles. The van der Waals surface area contributed by atoms with E-state index in [1.165, 1.54) is 19.2 Å². The maximum Gasteiger partial charge on any atom is 0.255 e. The highest BCUT2D eigenvalue weighted by Gasteiger charge is 2.15. The molecule has 3 rings (SSSR count). The number of nitrogens with one attached hydrogen (secondary N) is 1. The van der Waals surface area contributed by atoms with Gasteiger partial charge >= 0.3 is 0 Å². The molecule has 0 saturated heterocycles. The first kappa shape index (κ1) is 21.0. The fraction of sp³-hybridized carbons (Fsp3) is 0.136. The Kier molecular flexibility index (Phi) is 6.30. The molecule has 3 aromatic rings. The van der Waals surface area contributed by atoms with E-state index >= 15 is 0 Å². The number of anilines is 1. The lowest BCUT2D eigenvalue weighted by atomic mass is 10.1. The van der Waals surface area contributed by atoms with E-state index in [1.54, 1.807) is 30.3 Å². The van der Waals surface area contributed by atoms with Crippen LogP contribution in [-0.2, 0) is 0 Å². The number of halogens is 3. The number of carbonyl (C=O) groups excluding carboxylic acids is 1. The molecular formula is C22H18Cl2FNO3. The van der Waals surface area contributed by atoms with Crippen molar-refractivity contribution in [1.82, 2.24) is 0 Å². The molecule has 1 N–H and O–H groups in total. The number of para-hydroxylation sites is 1. The van der Waals surface area contributed by atoms with Gasteiger partial charge in [-0.25, -0.2) is 4.39 Å². The zero-order valence-corrected chi connectivity index (χ0v) is 17.5. The molecule has 3 aromatic carbocycles. The van der Waals surface area contributed by atoms with Gasteiger partial charge in [0.15, 0.2) is 5.75 Å². The predicted octanol–water partition coefficient (Wildman–Crippen LogP) is 6.80. The lowest BCUT2D eigenvalue weighted by molar-refractivity contribution is 0.102. The van der Waals surface area contributed by atoms with Crippen LogP contribution in [0.2, 0.25) is 10.0 Å². The van der Waals surface area contributed by atoms with Crippen LogP contribution in [0.25, 0.3) is 0 Å². The highest BCUT2D eigenvalue weighted by Crippen LogP contribution is 2.39. The Balaban J connectivity index is 1.86. The van der Waals surface area contributed by atoms with Gasteiger partial charge in [0.05, 0.1) is 17.2 Å². The molecule has 0 fully saturated rings. The maximum absolute atomic E-state index is 13.7. The standard InChI is InChI=1S/C22H18Cl2FNO3/c1-12-7-16(26-22(27)14-9-15(25)11-17(10-14)28-3)8-13(2)20(12)29-21-18(23)5-4-6-19(21)24/h4-11H,1-3H3,(H,26,27). The van der Waals surface area contributed by atoms with Crippen molar-refractivity contribution < 1.29 is 18.7 Å². The number of methoxy groups -OCH3 is 1. The van der Waals surface area contributed by atoms with Crippen LogP contribution in [0.4, 0.5) is 10.1 Å². The lowest BCUT2D eigenvalue weighted by Gasteiger charge is -2.16. The summed E-state index contributed by atoms with van der Waals surface area (Å²) in [6.07, 6.45) is 0. The molecule has 0 aromatic heterocycles. The molecule has 0 heterocycles. The second-order valence-corrected chi connectivity index (χ2v) is 7.24. The Morgan fingerprint density at radius 2 is 1.59 bits per heavy atom. The van der Waals surface area contributed by atoms with Crippen LogP contribution in [0.5, 0.6) is 17.2 Å². The zero-order valence-electron chi connectivity index (χ0n) is 16.0. The third-order valence-corrected chi connectivity index (χ3v) is 4.81. The summed E-state index contributed by atoms with van der Waals surface area (Å²) in [5, 5.41) is 3.56. The molecule has 0 aliphatic carbocycles. The summed E-state index contributed by atoms with van der Waals surface area (Å²) >= 11 is 12.4. The SMILES string of the molecule is COc1cc(F)cc(C(=O)Nc2cc(C)c(Oc3c(Cl)cccc3Cl)c(C)c2)c1. The van der Waals surface area contributed by atoms with E-state index in [9.17, 15) is 9.18 Å². The number of rotatable bonds is 5. The quantitative estimate of drug-likeness (QED) is 0.480. The zero-order chi connectivity index (χ0) is 21.1. The minimum absolute atomic E-state index is 0.153. The molecule has 0 spiro atoms. The number of benzene rings is 3. The molecule has 0 aliphatic rings. The molecule has 0 aliphatic heterocycles. The maximum atomic E-state index is 13.7. The van der Waals surface area contributed by atoms with Crippen molar-refractivity contribution in [3.05, 3.63) is 81.1 Å². The summed E-state index contributed by atoms with van der Waals surface area (Å²) in [6.45, 7) is 3.68. The van der Waals surface area contributed by atoms with E-state index in [-0.39, 0.29) is 11.3 Å². The number of hydrogen-bond acceptors (Lipinski definition) is 3. The minimum atomic E-state index is -0.553. The van der Waals surface area contributed by atoms with Crippen LogP contribution in [-0.4, -0.2) is 13.0 Å². The molecule has 150 valence electrons. The molecule has 0 unspecified atom stereocenters. The summed E-state index contributed by atoms with van der Waals surface area (Å²) in [7, 11) is 1.41. The molecule has 0 atom stereocenters. The number of carbonyl (C=O) groups is 1. The average Bonchev–Trinajstić information content (AvgIpc) is 2.66. The third-order valence-electron chi connectivity index (χ3n) is 4.21. The lowest BCUT2D eigenvalue weighted by Crippen LogP contribution is -2.13. The topological polar surface area (TPSA) is 47.6 Å². The first-order chi connectivity index (χ1) is 13.8. The van der Waals surface area contributed by atoms with Crippen LogP contribution in [0.15, 0.2) is 48.5 Å². The second kappa shape index (κ2) is 8.72.